The van der Waals surface area contributed by atoms with Crippen LogP contribution in [0.2, 0.25) is 0 Å². The third-order valence-corrected chi connectivity index (χ3v) is 5.74. The second-order valence-corrected chi connectivity index (χ2v) is 7.74. The molecule has 0 spiro atoms. The fourth-order valence-corrected chi connectivity index (χ4v) is 3.79. The number of aromatic nitrogens is 2. The molecule has 8 nitrogen and oxygen atoms in total. The number of hydrazone groups is 1. The number of benzene rings is 1. The van der Waals surface area contributed by atoms with Crippen molar-refractivity contribution in [2.24, 2.45) is 5.10 Å². The summed E-state index contributed by atoms with van der Waals surface area (Å²) in [7, 11) is 0. The Balaban J connectivity index is 1.74. The molecule has 0 saturated carbocycles. The van der Waals surface area contributed by atoms with Gasteiger partial charge in [0.1, 0.15) is 11.4 Å². The van der Waals surface area contributed by atoms with E-state index >= 15 is 0 Å². The van der Waals surface area contributed by atoms with E-state index in [1.165, 1.54) is 0 Å². The molecule has 1 atom stereocenters. The fraction of sp³-hybridized carbons (Fsp3) is 0.429. The summed E-state index contributed by atoms with van der Waals surface area (Å²) in [5, 5.41) is 12.6. The average Bonchev–Trinajstić information content (AvgIpc) is 3.41. The Bertz CT molecular complexity index is 961. The van der Waals surface area contributed by atoms with Gasteiger partial charge in [-0.1, -0.05) is 25.1 Å². The Morgan fingerprint density at radius 1 is 1.21 bits per heavy atom. The van der Waals surface area contributed by atoms with E-state index in [4.69, 9.17) is 5.10 Å². The van der Waals surface area contributed by atoms with Crippen LogP contribution in [-0.4, -0.2) is 51.6 Å². The first-order chi connectivity index (χ1) is 13.9. The van der Waals surface area contributed by atoms with Gasteiger partial charge < -0.3 is 10.2 Å². The number of anilines is 1. The number of nitrogens with zero attached hydrogens (tertiary/aromatic N) is 5. The minimum absolute atomic E-state index is 0.336. The summed E-state index contributed by atoms with van der Waals surface area (Å²) >= 11 is 0. The molecule has 1 aromatic carbocycles. The Labute approximate surface area is 170 Å². The number of carbonyl (C=O) groups excluding carboxylic acids is 2. The summed E-state index contributed by atoms with van der Waals surface area (Å²) in [6.07, 6.45) is 4.34. The maximum Gasteiger partial charge on any atom is 0.346 e. The van der Waals surface area contributed by atoms with Crippen molar-refractivity contribution in [3.05, 3.63) is 41.6 Å². The molecule has 2 aliphatic heterocycles. The first-order valence-corrected chi connectivity index (χ1v) is 10.1. The molecule has 2 aromatic rings. The van der Waals surface area contributed by atoms with E-state index in [0.717, 1.165) is 53.7 Å². The molecule has 152 valence electrons. The predicted octanol–water partition coefficient (Wildman–Crippen LogP) is 2.84. The zero-order valence-corrected chi connectivity index (χ0v) is 17.1. The number of nitrogens with one attached hydrogen (secondary N) is 1. The van der Waals surface area contributed by atoms with Crippen LogP contribution in [0.25, 0.3) is 5.69 Å². The zero-order chi connectivity index (χ0) is 20.6. The third kappa shape index (κ3) is 3.28. The smallest absolute Gasteiger partial charge is 0.346 e. The van der Waals surface area contributed by atoms with Gasteiger partial charge in [0.25, 0.3) is 5.91 Å². The molecule has 2 saturated heterocycles. The molecule has 0 radical (unpaired) electrons. The van der Waals surface area contributed by atoms with Gasteiger partial charge in [-0.25, -0.2) is 9.48 Å². The molecule has 2 fully saturated rings. The maximum absolute atomic E-state index is 12.6. The highest BCUT2D eigenvalue weighted by Gasteiger charge is 2.47. The number of para-hydroxylation sites is 1. The number of rotatable bonds is 5. The molecule has 8 heteroatoms. The highest BCUT2D eigenvalue weighted by atomic mass is 16.2. The third-order valence-electron chi connectivity index (χ3n) is 5.74. The average molecular weight is 394 g/mol. The van der Waals surface area contributed by atoms with Gasteiger partial charge in [-0.2, -0.15) is 10.2 Å². The van der Waals surface area contributed by atoms with Crippen molar-refractivity contribution < 1.29 is 9.59 Å². The van der Waals surface area contributed by atoms with E-state index in [1.807, 2.05) is 48.9 Å². The molecule has 3 heterocycles. The van der Waals surface area contributed by atoms with E-state index < -0.39 is 11.6 Å². The fourth-order valence-electron chi connectivity index (χ4n) is 3.79. The number of hydrogen-bond acceptors (Lipinski definition) is 5. The molecular weight excluding hydrogens is 368 g/mol. The van der Waals surface area contributed by atoms with Crippen LogP contribution in [-0.2, 0) is 4.79 Å². The zero-order valence-electron chi connectivity index (χ0n) is 17.1. The van der Waals surface area contributed by atoms with Gasteiger partial charge in [0.2, 0.25) is 0 Å². The van der Waals surface area contributed by atoms with Crippen molar-refractivity contribution in [2.75, 3.05) is 18.0 Å². The molecule has 2 aliphatic rings. The predicted molar refractivity (Wildman–Crippen MR) is 111 cm³/mol. The summed E-state index contributed by atoms with van der Waals surface area (Å²) in [5.74, 6) is 0.609. The minimum atomic E-state index is -0.907. The summed E-state index contributed by atoms with van der Waals surface area (Å²) in [5.41, 5.74) is 1.67. The number of hydrogen-bond donors (Lipinski definition) is 1. The highest BCUT2D eigenvalue weighted by molar-refractivity contribution is 6.07. The minimum Gasteiger partial charge on any atom is -0.356 e. The molecule has 0 bridgehead atoms. The van der Waals surface area contributed by atoms with Crippen LogP contribution in [0, 0.1) is 6.92 Å². The quantitative estimate of drug-likeness (QED) is 0.624. The van der Waals surface area contributed by atoms with Crippen molar-refractivity contribution in [3.8, 4) is 5.69 Å². The number of amides is 3. The normalized spacial score (nSPS) is 22.2. The Morgan fingerprint density at radius 3 is 2.52 bits per heavy atom. The van der Waals surface area contributed by atoms with Gasteiger partial charge in [-0.3, -0.25) is 4.79 Å². The van der Waals surface area contributed by atoms with Crippen LogP contribution in [0.4, 0.5) is 10.6 Å². The molecule has 29 heavy (non-hydrogen) atoms. The first-order valence-electron chi connectivity index (χ1n) is 10.1. The molecule has 1 aromatic heterocycles. The van der Waals surface area contributed by atoms with E-state index in [1.54, 1.807) is 13.1 Å². The van der Waals surface area contributed by atoms with Crippen molar-refractivity contribution in [1.82, 2.24) is 20.1 Å². The van der Waals surface area contributed by atoms with Gasteiger partial charge in [-0.05, 0) is 45.2 Å². The largest absolute Gasteiger partial charge is 0.356 e. The van der Waals surface area contributed by atoms with Crippen LogP contribution < -0.4 is 10.2 Å². The lowest BCUT2D eigenvalue weighted by Gasteiger charge is -2.20. The summed E-state index contributed by atoms with van der Waals surface area (Å²) < 4.78 is 1.92. The van der Waals surface area contributed by atoms with Crippen molar-refractivity contribution in [3.63, 3.8) is 0 Å². The molecule has 1 N–H and O–H groups in total. The number of imide groups is 1. The van der Waals surface area contributed by atoms with Gasteiger partial charge in [0.05, 0.1) is 23.2 Å². The number of urea groups is 1. The van der Waals surface area contributed by atoms with Crippen LogP contribution >= 0.6 is 0 Å². The van der Waals surface area contributed by atoms with E-state index in [2.05, 4.69) is 15.3 Å². The lowest BCUT2D eigenvalue weighted by atomic mass is 10.00. The SMILES string of the molecule is CC[C@@]1(C)NC(=O)N(/N=C\c2c(C)nn(-c3ccccc3)c2N2CCCC2)C1=O. The molecule has 3 amide bonds. The van der Waals surface area contributed by atoms with E-state index in [0.29, 0.717) is 6.42 Å². The monoisotopic (exact) mass is 394 g/mol. The van der Waals surface area contributed by atoms with Crippen LogP contribution in [0.1, 0.15) is 44.4 Å². The Hall–Kier alpha value is -3.16. The topological polar surface area (TPSA) is 82.8 Å². The van der Waals surface area contributed by atoms with Crippen LogP contribution in [0.3, 0.4) is 0 Å². The maximum atomic E-state index is 12.6. The molecule has 0 unspecified atom stereocenters. The second kappa shape index (κ2) is 7.35. The summed E-state index contributed by atoms with van der Waals surface area (Å²) in [6, 6.07) is 9.46. The number of aryl methyl sites for hydroxylation is 1. The van der Waals surface area contributed by atoms with Crippen molar-refractivity contribution in [1.29, 1.82) is 0 Å². The lowest BCUT2D eigenvalue weighted by Crippen LogP contribution is -2.42. The van der Waals surface area contributed by atoms with Gasteiger partial charge in [-0.15, -0.1) is 5.01 Å². The molecule has 0 aliphatic carbocycles. The summed E-state index contributed by atoms with van der Waals surface area (Å²) in [4.78, 5) is 27.2. The second-order valence-electron chi connectivity index (χ2n) is 7.74. The van der Waals surface area contributed by atoms with Crippen LogP contribution in [0.5, 0.6) is 0 Å². The van der Waals surface area contributed by atoms with Crippen molar-refractivity contribution in [2.45, 2.75) is 45.6 Å². The van der Waals surface area contributed by atoms with Crippen LogP contribution in [0.15, 0.2) is 35.4 Å². The lowest BCUT2D eigenvalue weighted by molar-refractivity contribution is -0.130. The first kappa shape index (κ1) is 19.2. The van der Waals surface area contributed by atoms with Gasteiger partial charge >= 0.3 is 6.03 Å². The van der Waals surface area contributed by atoms with Gasteiger partial charge in [0.15, 0.2) is 0 Å². The highest BCUT2D eigenvalue weighted by Crippen LogP contribution is 2.29. The summed E-state index contributed by atoms with van der Waals surface area (Å²) in [6.45, 7) is 7.39. The Kier molecular flexibility index (Phi) is 4.86. The number of carbonyl (C=O) groups is 2. The van der Waals surface area contributed by atoms with E-state index in [-0.39, 0.29) is 5.91 Å². The van der Waals surface area contributed by atoms with E-state index in [9.17, 15) is 9.59 Å². The standard InChI is InChI=1S/C21H26N6O2/c1-4-21(3)19(28)27(20(29)23-21)22-14-17-15(2)24-26(16-10-6-5-7-11-16)18(17)25-12-8-9-13-25/h5-7,10-11,14H,4,8-9,12-13H2,1-3H3,(H,23,29)/b22-14-/t21-/m1/s1. The Morgan fingerprint density at radius 2 is 1.90 bits per heavy atom. The van der Waals surface area contributed by atoms with Gasteiger partial charge in [0, 0.05) is 13.1 Å². The molecular formula is C21H26N6O2. The molecule has 4 rings (SSSR count). The van der Waals surface area contributed by atoms with Crippen molar-refractivity contribution >= 4 is 24.0 Å².